The lowest BCUT2D eigenvalue weighted by Gasteiger charge is -2.04. The van der Waals surface area contributed by atoms with E-state index in [1.165, 1.54) is 10.9 Å². The molecule has 3 heterocycles. The molecule has 1 N–H and O–H groups in total. The Morgan fingerprint density at radius 2 is 2.00 bits per heavy atom. The zero-order chi connectivity index (χ0) is 14.5. The molecule has 0 unspecified atom stereocenters. The summed E-state index contributed by atoms with van der Waals surface area (Å²) in [5.74, 6) is 0. The van der Waals surface area contributed by atoms with Crippen LogP contribution in [0.4, 0.5) is 0 Å². The largest absolute Gasteiger partial charge is 0.332 e. The molecule has 3 aromatic rings. The second-order valence-electron chi connectivity index (χ2n) is 5.07. The predicted molar refractivity (Wildman–Crippen MR) is 85.1 cm³/mol. The maximum atomic E-state index is 4.54. The van der Waals surface area contributed by atoms with Gasteiger partial charge < -0.3 is 9.88 Å². The smallest absolute Gasteiger partial charge is 0.140 e. The van der Waals surface area contributed by atoms with E-state index in [-0.39, 0.29) is 0 Å². The first-order chi connectivity index (χ1) is 10.4. The van der Waals surface area contributed by atoms with Crippen LogP contribution in [-0.4, -0.2) is 21.1 Å². The van der Waals surface area contributed by atoms with Crippen molar-refractivity contribution in [2.24, 2.45) is 0 Å². The highest BCUT2D eigenvalue weighted by atomic mass is 15.0. The van der Waals surface area contributed by atoms with Gasteiger partial charge in [0.1, 0.15) is 5.65 Å². The fraction of sp³-hybridized carbons (Fsp3) is 0.294. The molecule has 108 valence electrons. The fourth-order valence-corrected chi connectivity index (χ4v) is 2.55. The Kier molecular flexibility index (Phi) is 4.26. The molecule has 3 rings (SSSR count). The predicted octanol–water partition coefficient (Wildman–Crippen LogP) is 2.78. The maximum absolute atomic E-state index is 4.54. The topological polar surface area (TPSA) is 42.7 Å². The molecule has 4 heteroatoms. The molecule has 0 aliphatic heterocycles. The number of aromatic nitrogens is 3. The average molecular weight is 280 g/mol. The van der Waals surface area contributed by atoms with E-state index >= 15 is 0 Å². The van der Waals surface area contributed by atoms with Crippen LogP contribution in [-0.2, 0) is 19.5 Å². The van der Waals surface area contributed by atoms with E-state index in [2.05, 4.69) is 45.1 Å². The van der Waals surface area contributed by atoms with Crippen LogP contribution in [0.3, 0.4) is 0 Å². The number of nitrogens with one attached hydrogen (secondary N) is 1. The summed E-state index contributed by atoms with van der Waals surface area (Å²) in [6.07, 6.45) is 6.83. The highest BCUT2D eigenvalue weighted by Gasteiger charge is 2.08. The number of hydrogen-bond acceptors (Lipinski definition) is 3. The molecule has 0 bridgehead atoms. The Hall–Kier alpha value is -2.20. The van der Waals surface area contributed by atoms with Crippen LogP contribution in [0.1, 0.15) is 18.2 Å². The number of fused-ring (bicyclic) bond motifs is 1. The van der Waals surface area contributed by atoms with Crippen molar-refractivity contribution in [2.75, 3.05) is 6.54 Å². The third-order valence-electron chi connectivity index (χ3n) is 3.62. The molecule has 0 spiro atoms. The van der Waals surface area contributed by atoms with Crippen molar-refractivity contribution in [1.82, 2.24) is 19.9 Å². The van der Waals surface area contributed by atoms with Gasteiger partial charge >= 0.3 is 0 Å². The van der Waals surface area contributed by atoms with Gasteiger partial charge in [-0.15, -0.1) is 0 Å². The summed E-state index contributed by atoms with van der Waals surface area (Å²) in [5.41, 5.74) is 3.48. The Morgan fingerprint density at radius 1 is 1.10 bits per heavy atom. The molecule has 0 atom stereocenters. The molecule has 0 aromatic carbocycles. The molecule has 3 aromatic heterocycles. The van der Waals surface area contributed by atoms with Crippen molar-refractivity contribution in [2.45, 2.75) is 26.4 Å². The minimum absolute atomic E-state index is 0.884. The molecule has 0 aliphatic carbocycles. The Balaban J connectivity index is 1.84. The highest BCUT2D eigenvalue weighted by molar-refractivity contribution is 5.80. The maximum Gasteiger partial charge on any atom is 0.140 e. The van der Waals surface area contributed by atoms with Gasteiger partial charge in [0.2, 0.25) is 0 Å². The van der Waals surface area contributed by atoms with Gasteiger partial charge in [-0.05, 0) is 36.4 Å². The SMILES string of the molecule is CCNCc1cn(CCc2ccccn2)c2ncccc12. The standard InChI is InChI=1S/C17H20N4/c1-2-18-12-14-13-21(17-16(14)7-5-10-20-17)11-8-15-6-3-4-9-19-15/h3-7,9-10,13,18H,2,8,11-12H2,1H3. The first-order valence-corrected chi connectivity index (χ1v) is 7.42. The van der Waals surface area contributed by atoms with Gasteiger partial charge in [-0.2, -0.15) is 0 Å². The molecular formula is C17H20N4. The zero-order valence-corrected chi connectivity index (χ0v) is 12.3. The molecule has 0 saturated carbocycles. The first-order valence-electron chi connectivity index (χ1n) is 7.42. The van der Waals surface area contributed by atoms with E-state index in [1.807, 2.05) is 30.6 Å². The van der Waals surface area contributed by atoms with Crippen molar-refractivity contribution in [3.63, 3.8) is 0 Å². The number of pyridine rings is 2. The summed E-state index contributed by atoms with van der Waals surface area (Å²) in [6, 6.07) is 10.2. The van der Waals surface area contributed by atoms with Crippen molar-refractivity contribution >= 4 is 11.0 Å². The van der Waals surface area contributed by atoms with E-state index in [4.69, 9.17) is 0 Å². The average Bonchev–Trinajstić information content (AvgIpc) is 2.90. The number of nitrogens with zero attached hydrogens (tertiary/aromatic N) is 3. The molecule has 4 nitrogen and oxygen atoms in total. The zero-order valence-electron chi connectivity index (χ0n) is 12.3. The number of aryl methyl sites for hydroxylation is 2. The number of rotatable bonds is 6. The lowest BCUT2D eigenvalue weighted by atomic mass is 10.2. The van der Waals surface area contributed by atoms with E-state index in [1.54, 1.807) is 0 Å². The van der Waals surface area contributed by atoms with Crippen LogP contribution in [0.25, 0.3) is 11.0 Å². The summed E-state index contributed by atoms with van der Waals surface area (Å²) in [7, 11) is 0. The second-order valence-corrected chi connectivity index (χ2v) is 5.07. The Labute approximate surface area is 124 Å². The van der Waals surface area contributed by atoms with Crippen LogP contribution >= 0.6 is 0 Å². The summed E-state index contributed by atoms with van der Waals surface area (Å²) in [4.78, 5) is 8.92. The quantitative estimate of drug-likeness (QED) is 0.755. The van der Waals surface area contributed by atoms with Gasteiger partial charge in [0.25, 0.3) is 0 Å². The van der Waals surface area contributed by atoms with Crippen LogP contribution in [0.15, 0.2) is 48.9 Å². The lowest BCUT2D eigenvalue weighted by molar-refractivity contribution is 0.690. The van der Waals surface area contributed by atoms with Crippen molar-refractivity contribution in [3.8, 4) is 0 Å². The summed E-state index contributed by atoms with van der Waals surface area (Å²) in [5, 5.41) is 4.63. The normalized spacial score (nSPS) is 11.1. The molecule has 0 saturated heterocycles. The summed E-state index contributed by atoms with van der Waals surface area (Å²) < 4.78 is 2.23. The third-order valence-corrected chi connectivity index (χ3v) is 3.62. The molecule has 21 heavy (non-hydrogen) atoms. The van der Waals surface area contributed by atoms with Crippen LogP contribution in [0.5, 0.6) is 0 Å². The van der Waals surface area contributed by atoms with Crippen molar-refractivity contribution in [1.29, 1.82) is 0 Å². The van der Waals surface area contributed by atoms with Gasteiger partial charge in [-0.25, -0.2) is 4.98 Å². The first kappa shape index (κ1) is 13.8. The highest BCUT2D eigenvalue weighted by Crippen LogP contribution is 2.19. The van der Waals surface area contributed by atoms with Gasteiger partial charge in [0, 0.05) is 49.2 Å². The molecule has 0 amide bonds. The second kappa shape index (κ2) is 6.50. The van der Waals surface area contributed by atoms with Crippen LogP contribution < -0.4 is 5.32 Å². The number of hydrogen-bond donors (Lipinski definition) is 1. The minimum Gasteiger partial charge on any atom is -0.332 e. The van der Waals surface area contributed by atoms with Gasteiger partial charge in [0.15, 0.2) is 0 Å². The molecule has 0 fully saturated rings. The van der Waals surface area contributed by atoms with Crippen LogP contribution in [0, 0.1) is 0 Å². The summed E-state index contributed by atoms with van der Waals surface area (Å²) >= 11 is 0. The lowest BCUT2D eigenvalue weighted by Crippen LogP contribution is -2.11. The molecular weight excluding hydrogens is 260 g/mol. The van der Waals surface area contributed by atoms with Gasteiger partial charge in [-0.1, -0.05) is 13.0 Å². The van der Waals surface area contributed by atoms with Crippen molar-refractivity contribution in [3.05, 3.63) is 60.2 Å². The Morgan fingerprint density at radius 3 is 2.81 bits per heavy atom. The Bertz CT molecular complexity index is 703. The van der Waals surface area contributed by atoms with Crippen molar-refractivity contribution < 1.29 is 0 Å². The van der Waals surface area contributed by atoms with Gasteiger partial charge in [0.05, 0.1) is 0 Å². The molecule has 0 radical (unpaired) electrons. The van der Waals surface area contributed by atoms with E-state index in [0.717, 1.165) is 37.4 Å². The van der Waals surface area contributed by atoms with E-state index in [9.17, 15) is 0 Å². The monoisotopic (exact) mass is 280 g/mol. The summed E-state index contributed by atoms with van der Waals surface area (Å²) in [6.45, 7) is 4.88. The molecule has 0 aliphatic rings. The minimum atomic E-state index is 0.884. The van der Waals surface area contributed by atoms with Gasteiger partial charge in [-0.3, -0.25) is 4.98 Å². The van der Waals surface area contributed by atoms with Crippen LogP contribution in [0.2, 0.25) is 0 Å². The van der Waals surface area contributed by atoms with E-state index in [0.29, 0.717) is 0 Å². The van der Waals surface area contributed by atoms with E-state index < -0.39 is 0 Å². The fourth-order valence-electron chi connectivity index (χ4n) is 2.55. The third kappa shape index (κ3) is 3.11.